The molecule has 0 radical (unpaired) electrons. The average Bonchev–Trinajstić information content (AvgIpc) is 2.41. The van der Waals surface area contributed by atoms with E-state index in [4.69, 9.17) is 16.0 Å². The summed E-state index contributed by atoms with van der Waals surface area (Å²) in [4.78, 5) is 11.9. The summed E-state index contributed by atoms with van der Waals surface area (Å²) < 4.78 is 18.4. The zero-order chi connectivity index (χ0) is 13.4. The molecule has 0 N–H and O–H groups in total. The Kier molecular flexibility index (Phi) is 2.84. The maximum atomic E-state index is 13.1. The van der Waals surface area contributed by atoms with Crippen LogP contribution in [0.4, 0.5) is 4.39 Å². The number of fused-ring (bicyclic) bond motifs is 1. The standard InChI is InChI=1S/C15H8ClFO2/c16-12-8-9(5-6-13(12)17)11-7-10-3-1-2-4-14(10)19-15(11)18/h1-8H. The lowest BCUT2D eigenvalue weighted by atomic mass is 10.1. The van der Waals surface area contributed by atoms with Gasteiger partial charge in [0.05, 0.1) is 10.6 Å². The van der Waals surface area contributed by atoms with Gasteiger partial charge in [-0.15, -0.1) is 0 Å². The molecular formula is C15H8ClFO2. The first-order valence-electron chi connectivity index (χ1n) is 5.63. The molecule has 0 spiro atoms. The van der Waals surface area contributed by atoms with Gasteiger partial charge < -0.3 is 4.42 Å². The van der Waals surface area contributed by atoms with Crippen LogP contribution in [0.3, 0.4) is 0 Å². The SMILES string of the molecule is O=c1oc2ccccc2cc1-c1ccc(F)c(Cl)c1. The van der Waals surface area contributed by atoms with E-state index in [1.807, 2.05) is 12.1 Å². The van der Waals surface area contributed by atoms with Gasteiger partial charge in [0.25, 0.3) is 0 Å². The highest BCUT2D eigenvalue weighted by atomic mass is 35.5. The van der Waals surface area contributed by atoms with Crippen LogP contribution in [0.25, 0.3) is 22.1 Å². The molecule has 0 saturated carbocycles. The zero-order valence-electron chi connectivity index (χ0n) is 9.69. The van der Waals surface area contributed by atoms with E-state index in [-0.39, 0.29) is 5.02 Å². The van der Waals surface area contributed by atoms with Crippen molar-refractivity contribution >= 4 is 22.6 Å². The Hall–Kier alpha value is -2.13. The van der Waals surface area contributed by atoms with Crippen LogP contribution in [0.15, 0.2) is 57.7 Å². The van der Waals surface area contributed by atoms with Gasteiger partial charge in [-0.1, -0.05) is 35.9 Å². The first-order valence-corrected chi connectivity index (χ1v) is 6.01. The van der Waals surface area contributed by atoms with E-state index in [0.29, 0.717) is 16.7 Å². The summed E-state index contributed by atoms with van der Waals surface area (Å²) in [6, 6.07) is 13.1. The Morgan fingerprint density at radius 2 is 1.84 bits per heavy atom. The largest absolute Gasteiger partial charge is 0.422 e. The van der Waals surface area contributed by atoms with Gasteiger partial charge in [-0.2, -0.15) is 0 Å². The van der Waals surface area contributed by atoms with Gasteiger partial charge in [-0.25, -0.2) is 9.18 Å². The Balaban J connectivity index is 2.27. The highest BCUT2D eigenvalue weighted by Gasteiger charge is 2.09. The Labute approximate surface area is 113 Å². The van der Waals surface area contributed by atoms with E-state index in [9.17, 15) is 9.18 Å². The molecule has 0 fully saturated rings. The Morgan fingerprint density at radius 3 is 2.63 bits per heavy atom. The molecule has 0 unspecified atom stereocenters. The molecule has 0 atom stereocenters. The normalized spacial score (nSPS) is 10.8. The first kappa shape index (κ1) is 11.9. The number of hydrogen-bond donors (Lipinski definition) is 0. The molecule has 0 saturated heterocycles. The van der Waals surface area contributed by atoms with Crippen LogP contribution in [0.2, 0.25) is 5.02 Å². The highest BCUT2D eigenvalue weighted by Crippen LogP contribution is 2.25. The van der Waals surface area contributed by atoms with Crippen LogP contribution >= 0.6 is 11.6 Å². The van der Waals surface area contributed by atoms with E-state index < -0.39 is 11.4 Å². The fraction of sp³-hybridized carbons (Fsp3) is 0. The summed E-state index contributed by atoms with van der Waals surface area (Å²) in [7, 11) is 0. The topological polar surface area (TPSA) is 30.2 Å². The van der Waals surface area contributed by atoms with E-state index in [0.717, 1.165) is 5.39 Å². The van der Waals surface area contributed by atoms with Crippen molar-refractivity contribution in [2.45, 2.75) is 0 Å². The molecule has 3 rings (SSSR count). The van der Waals surface area contributed by atoms with Crippen molar-refractivity contribution in [3.8, 4) is 11.1 Å². The molecule has 3 aromatic rings. The quantitative estimate of drug-likeness (QED) is 0.621. The molecule has 0 aliphatic carbocycles. The average molecular weight is 275 g/mol. The first-order chi connectivity index (χ1) is 9.15. The molecule has 4 heteroatoms. The summed E-state index contributed by atoms with van der Waals surface area (Å²) in [6.07, 6.45) is 0. The third kappa shape index (κ3) is 2.13. The summed E-state index contributed by atoms with van der Waals surface area (Å²) in [5.74, 6) is -0.518. The molecule has 1 heterocycles. The molecule has 2 nitrogen and oxygen atoms in total. The fourth-order valence-corrected chi connectivity index (χ4v) is 2.11. The van der Waals surface area contributed by atoms with Gasteiger partial charge in [0, 0.05) is 5.39 Å². The molecule has 19 heavy (non-hydrogen) atoms. The van der Waals surface area contributed by atoms with Crippen molar-refractivity contribution < 1.29 is 8.81 Å². The monoisotopic (exact) mass is 274 g/mol. The van der Waals surface area contributed by atoms with Crippen molar-refractivity contribution in [3.63, 3.8) is 0 Å². The predicted molar refractivity (Wildman–Crippen MR) is 72.9 cm³/mol. The van der Waals surface area contributed by atoms with Crippen molar-refractivity contribution in [1.29, 1.82) is 0 Å². The van der Waals surface area contributed by atoms with Gasteiger partial charge in [-0.05, 0) is 29.8 Å². The molecule has 0 amide bonds. The lowest BCUT2D eigenvalue weighted by Gasteiger charge is -2.03. The molecule has 2 aromatic carbocycles. The second-order valence-corrected chi connectivity index (χ2v) is 4.52. The smallest absolute Gasteiger partial charge is 0.344 e. The molecule has 0 bridgehead atoms. The maximum absolute atomic E-state index is 13.1. The van der Waals surface area contributed by atoms with E-state index in [2.05, 4.69) is 0 Å². The lowest BCUT2D eigenvalue weighted by Crippen LogP contribution is -2.02. The number of rotatable bonds is 1. The number of para-hydroxylation sites is 1. The van der Waals surface area contributed by atoms with Crippen molar-refractivity contribution in [2.75, 3.05) is 0 Å². The van der Waals surface area contributed by atoms with Gasteiger partial charge >= 0.3 is 5.63 Å². The minimum absolute atomic E-state index is 0.0231. The molecule has 94 valence electrons. The second kappa shape index (κ2) is 4.52. The number of hydrogen-bond acceptors (Lipinski definition) is 2. The van der Waals surface area contributed by atoms with Crippen LogP contribution in [0.1, 0.15) is 0 Å². The van der Waals surface area contributed by atoms with Crippen LogP contribution in [-0.2, 0) is 0 Å². The maximum Gasteiger partial charge on any atom is 0.344 e. The van der Waals surface area contributed by atoms with Crippen molar-refractivity contribution in [1.82, 2.24) is 0 Å². The zero-order valence-corrected chi connectivity index (χ0v) is 10.4. The predicted octanol–water partition coefficient (Wildman–Crippen LogP) is 4.25. The number of benzene rings is 2. The minimum atomic E-state index is -0.518. The van der Waals surface area contributed by atoms with E-state index in [1.165, 1.54) is 18.2 Å². The summed E-state index contributed by atoms with van der Waals surface area (Å²) in [6.45, 7) is 0. The van der Waals surface area contributed by atoms with Gasteiger partial charge in [0.15, 0.2) is 0 Å². The molecule has 0 aliphatic rings. The third-order valence-electron chi connectivity index (χ3n) is 2.87. The molecular weight excluding hydrogens is 267 g/mol. The minimum Gasteiger partial charge on any atom is -0.422 e. The van der Waals surface area contributed by atoms with Crippen LogP contribution in [0, 0.1) is 5.82 Å². The Bertz CT molecular complexity index is 824. The van der Waals surface area contributed by atoms with Gasteiger partial charge in [-0.3, -0.25) is 0 Å². The van der Waals surface area contributed by atoms with Crippen LogP contribution < -0.4 is 5.63 Å². The summed E-state index contributed by atoms with van der Waals surface area (Å²) in [5, 5.41) is 0.780. The molecule has 0 aliphatic heterocycles. The van der Waals surface area contributed by atoms with Crippen molar-refractivity contribution in [2.24, 2.45) is 0 Å². The second-order valence-electron chi connectivity index (χ2n) is 4.11. The van der Waals surface area contributed by atoms with Gasteiger partial charge in [0.2, 0.25) is 0 Å². The number of halogens is 2. The fourth-order valence-electron chi connectivity index (χ4n) is 1.93. The lowest BCUT2D eigenvalue weighted by molar-refractivity contribution is 0.563. The van der Waals surface area contributed by atoms with Crippen molar-refractivity contribution in [3.05, 3.63) is 69.8 Å². The van der Waals surface area contributed by atoms with Gasteiger partial charge in [0.1, 0.15) is 11.4 Å². The summed E-state index contributed by atoms with van der Waals surface area (Å²) >= 11 is 5.73. The van der Waals surface area contributed by atoms with Crippen LogP contribution in [-0.4, -0.2) is 0 Å². The van der Waals surface area contributed by atoms with E-state index >= 15 is 0 Å². The highest BCUT2D eigenvalue weighted by molar-refractivity contribution is 6.31. The summed E-state index contributed by atoms with van der Waals surface area (Å²) in [5.41, 5.74) is 0.942. The van der Waals surface area contributed by atoms with E-state index in [1.54, 1.807) is 18.2 Å². The molecule has 1 aromatic heterocycles. The van der Waals surface area contributed by atoms with Crippen LogP contribution in [0.5, 0.6) is 0 Å². The Morgan fingerprint density at radius 1 is 1.05 bits per heavy atom. The third-order valence-corrected chi connectivity index (χ3v) is 3.16.